The second-order valence-corrected chi connectivity index (χ2v) is 6.57. The van der Waals surface area contributed by atoms with Crippen LogP contribution in [0.5, 0.6) is 5.75 Å². The summed E-state index contributed by atoms with van der Waals surface area (Å²) in [6, 6.07) is 5.76. The molecule has 0 fully saturated rings. The van der Waals surface area contributed by atoms with Gasteiger partial charge in [0.1, 0.15) is 16.9 Å². The first-order chi connectivity index (χ1) is 9.33. The molecule has 0 spiro atoms. The number of halogens is 1. The van der Waals surface area contributed by atoms with Crippen molar-refractivity contribution in [2.45, 2.75) is 33.3 Å². The van der Waals surface area contributed by atoms with Gasteiger partial charge >= 0.3 is 6.09 Å². The minimum Gasteiger partial charge on any atom is -0.492 e. The molecule has 0 aliphatic rings. The van der Waals surface area contributed by atoms with Gasteiger partial charge in [-0.05, 0) is 56.4 Å². The number of nitrogens with zero attached hydrogens (tertiary/aromatic N) is 1. The van der Waals surface area contributed by atoms with Crippen molar-refractivity contribution in [3.8, 4) is 5.75 Å². The fourth-order valence-corrected chi connectivity index (χ4v) is 2.65. The van der Waals surface area contributed by atoms with Crippen molar-refractivity contribution in [1.29, 1.82) is 0 Å². The molecule has 1 aromatic heterocycles. The Bertz CT molecular complexity index is 640. The van der Waals surface area contributed by atoms with E-state index in [1.54, 1.807) is 6.20 Å². The molecular weight excluding hydrogens is 369 g/mol. The van der Waals surface area contributed by atoms with Crippen LogP contribution in [-0.4, -0.2) is 22.9 Å². The van der Waals surface area contributed by atoms with Crippen molar-refractivity contribution in [3.05, 3.63) is 28.0 Å². The summed E-state index contributed by atoms with van der Waals surface area (Å²) in [6.45, 7) is 8.03. The van der Waals surface area contributed by atoms with E-state index >= 15 is 0 Å². The third-order valence-corrected chi connectivity index (χ3v) is 3.49. The Labute approximate surface area is 132 Å². The zero-order valence-corrected chi connectivity index (χ0v) is 14.2. The number of hydrogen-bond acceptors (Lipinski definition) is 3. The van der Waals surface area contributed by atoms with Gasteiger partial charge in [-0.3, -0.25) is 0 Å². The number of para-hydroxylation sites is 1. The van der Waals surface area contributed by atoms with E-state index in [-0.39, 0.29) is 0 Å². The first-order valence-electron chi connectivity index (χ1n) is 6.49. The maximum absolute atomic E-state index is 12.3. The Morgan fingerprint density at radius 3 is 2.65 bits per heavy atom. The predicted octanol–water partition coefficient (Wildman–Crippen LogP) is 4.43. The number of ether oxygens (including phenoxy) is 2. The van der Waals surface area contributed by atoms with E-state index in [0.29, 0.717) is 12.4 Å². The van der Waals surface area contributed by atoms with E-state index in [2.05, 4.69) is 22.6 Å². The van der Waals surface area contributed by atoms with Gasteiger partial charge in [0.2, 0.25) is 0 Å². The number of carbonyl (C=O) groups is 1. The molecule has 0 aliphatic heterocycles. The molecule has 5 heteroatoms. The van der Waals surface area contributed by atoms with Crippen LogP contribution >= 0.6 is 22.6 Å². The molecular formula is C15H18INO3. The summed E-state index contributed by atoms with van der Waals surface area (Å²) in [5.41, 5.74) is 0.229. The maximum atomic E-state index is 12.3. The van der Waals surface area contributed by atoms with E-state index in [1.165, 1.54) is 4.57 Å². The maximum Gasteiger partial charge on any atom is 0.419 e. The van der Waals surface area contributed by atoms with Crippen LogP contribution in [0.4, 0.5) is 4.79 Å². The van der Waals surface area contributed by atoms with Crippen LogP contribution in [0.15, 0.2) is 24.4 Å². The molecule has 20 heavy (non-hydrogen) atoms. The quantitative estimate of drug-likeness (QED) is 0.716. The number of rotatable bonds is 2. The fourth-order valence-electron chi connectivity index (χ4n) is 1.94. The highest BCUT2D eigenvalue weighted by Gasteiger charge is 2.22. The molecule has 0 aliphatic carbocycles. The zero-order valence-electron chi connectivity index (χ0n) is 12.1. The minimum absolute atomic E-state index is 0.391. The number of aromatic nitrogens is 1. The van der Waals surface area contributed by atoms with Gasteiger partial charge in [-0.2, -0.15) is 0 Å². The molecule has 1 heterocycles. The number of fused-ring (bicyclic) bond motifs is 1. The normalized spacial score (nSPS) is 11.7. The molecule has 108 valence electrons. The summed E-state index contributed by atoms with van der Waals surface area (Å²) in [7, 11) is 0. The molecule has 0 bridgehead atoms. The second-order valence-electron chi connectivity index (χ2n) is 5.41. The molecule has 0 radical (unpaired) electrons. The molecule has 2 rings (SSSR count). The number of hydrogen-bond donors (Lipinski definition) is 0. The highest BCUT2D eigenvalue weighted by atomic mass is 127. The SMILES string of the molecule is CCOc1cccc2c(I)cn(C(=O)OC(C)(C)C)c12. The van der Waals surface area contributed by atoms with E-state index in [9.17, 15) is 4.79 Å². The lowest BCUT2D eigenvalue weighted by atomic mass is 10.2. The molecule has 0 N–H and O–H groups in total. The van der Waals surface area contributed by atoms with Crippen LogP contribution in [0, 0.1) is 3.57 Å². The first kappa shape index (κ1) is 15.2. The molecule has 4 nitrogen and oxygen atoms in total. The lowest BCUT2D eigenvalue weighted by Gasteiger charge is -2.20. The van der Waals surface area contributed by atoms with Crippen molar-refractivity contribution >= 4 is 39.6 Å². The van der Waals surface area contributed by atoms with Crippen molar-refractivity contribution in [2.75, 3.05) is 6.61 Å². The van der Waals surface area contributed by atoms with Gasteiger partial charge < -0.3 is 9.47 Å². The predicted molar refractivity (Wildman–Crippen MR) is 87.5 cm³/mol. The average Bonchev–Trinajstić information content (AvgIpc) is 2.67. The second kappa shape index (κ2) is 5.63. The van der Waals surface area contributed by atoms with Gasteiger partial charge in [0, 0.05) is 15.2 Å². The standard InChI is InChI=1S/C15H18INO3/c1-5-19-12-8-6-7-10-11(16)9-17(13(10)12)14(18)20-15(2,3)4/h6-9H,5H2,1-4H3. The molecule has 0 unspecified atom stereocenters. The monoisotopic (exact) mass is 387 g/mol. The van der Waals surface area contributed by atoms with Crippen LogP contribution in [0.1, 0.15) is 27.7 Å². The van der Waals surface area contributed by atoms with E-state index < -0.39 is 11.7 Å². The Balaban J connectivity index is 2.56. The summed E-state index contributed by atoms with van der Waals surface area (Å²) >= 11 is 2.21. The number of carbonyl (C=O) groups excluding carboxylic acids is 1. The lowest BCUT2D eigenvalue weighted by Crippen LogP contribution is -2.26. The van der Waals surface area contributed by atoms with E-state index in [1.807, 2.05) is 45.9 Å². The van der Waals surface area contributed by atoms with Gasteiger partial charge in [0.15, 0.2) is 0 Å². The van der Waals surface area contributed by atoms with Crippen molar-refractivity contribution < 1.29 is 14.3 Å². The summed E-state index contributed by atoms with van der Waals surface area (Å²) in [5, 5.41) is 0.988. The van der Waals surface area contributed by atoms with E-state index in [4.69, 9.17) is 9.47 Å². The smallest absolute Gasteiger partial charge is 0.419 e. The fraction of sp³-hybridized carbons (Fsp3) is 0.400. The molecule has 0 saturated heterocycles. The third-order valence-electron chi connectivity index (χ3n) is 2.63. The van der Waals surface area contributed by atoms with Crippen molar-refractivity contribution in [2.24, 2.45) is 0 Å². The lowest BCUT2D eigenvalue weighted by molar-refractivity contribution is 0.0543. The molecule has 0 saturated carbocycles. The Hall–Kier alpha value is -1.24. The topological polar surface area (TPSA) is 40.5 Å². The molecule has 2 aromatic rings. The summed E-state index contributed by atoms with van der Waals surface area (Å²) in [6.07, 6.45) is 1.39. The summed E-state index contributed by atoms with van der Waals surface area (Å²) in [4.78, 5) is 12.3. The van der Waals surface area contributed by atoms with E-state index in [0.717, 1.165) is 14.5 Å². The molecule has 1 aromatic carbocycles. The van der Waals surface area contributed by atoms with Gasteiger partial charge in [-0.25, -0.2) is 9.36 Å². The van der Waals surface area contributed by atoms with Crippen LogP contribution in [0.2, 0.25) is 0 Å². The Kier molecular flexibility index (Phi) is 4.27. The molecule has 0 amide bonds. The van der Waals surface area contributed by atoms with Crippen molar-refractivity contribution in [1.82, 2.24) is 4.57 Å². The van der Waals surface area contributed by atoms with Gasteiger partial charge in [0.05, 0.1) is 6.61 Å². The Morgan fingerprint density at radius 1 is 1.35 bits per heavy atom. The molecule has 0 atom stereocenters. The van der Waals surface area contributed by atoms with Crippen molar-refractivity contribution in [3.63, 3.8) is 0 Å². The van der Waals surface area contributed by atoms with Crippen LogP contribution < -0.4 is 4.74 Å². The van der Waals surface area contributed by atoms with Gasteiger partial charge in [-0.15, -0.1) is 0 Å². The number of benzene rings is 1. The third kappa shape index (κ3) is 3.08. The van der Waals surface area contributed by atoms with Crippen LogP contribution in [0.25, 0.3) is 10.9 Å². The minimum atomic E-state index is -0.528. The largest absolute Gasteiger partial charge is 0.492 e. The van der Waals surface area contributed by atoms with Crippen LogP contribution in [-0.2, 0) is 4.74 Å². The highest BCUT2D eigenvalue weighted by molar-refractivity contribution is 14.1. The summed E-state index contributed by atoms with van der Waals surface area (Å²) < 4.78 is 13.6. The van der Waals surface area contributed by atoms with Crippen LogP contribution in [0.3, 0.4) is 0 Å². The highest BCUT2D eigenvalue weighted by Crippen LogP contribution is 2.31. The first-order valence-corrected chi connectivity index (χ1v) is 7.57. The van der Waals surface area contributed by atoms with Gasteiger partial charge in [-0.1, -0.05) is 12.1 Å². The average molecular weight is 387 g/mol. The Morgan fingerprint density at radius 2 is 2.05 bits per heavy atom. The summed E-state index contributed by atoms with van der Waals surface area (Å²) in [5.74, 6) is 0.693. The zero-order chi connectivity index (χ0) is 14.9. The van der Waals surface area contributed by atoms with Gasteiger partial charge in [0.25, 0.3) is 0 Å².